The maximum atomic E-state index is 5.60. The number of rotatable bonds is 4. The number of hydrogen-bond donors (Lipinski definition) is 0. The van der Waals surface area contributed by atoms with Gasteiger partial charge in [0.2, 0.25) is 0 Å². The van der Waals surface area contributed by atoms with Crippen LogP contribution in [0.5, 0.6) is 5.75 Å². The molecule has 0 atom stereocenters. The van der Waals surface area contributed by atoms with Crippen molar-refractivity contribution in [2.45, 2.75) is 19.8 Å². The molecule has 0 saturated heterocycles. The molecule has 0 aliphatic rings. The van der Waals surface area contributed by atoms with Gasteiger partial charge in [-0.3, -0.25) is 0 Å². The second-order valence-corrected chi connectivity index (χ2v) is 3.63. The summed E-state index contributed by atoms with van der Waals surface area (Å²) >= 11 is 0. The van der Waals surface area contributed by atoms with E-state index >= 15 is 0 Å². The minimum atomic E-state index is 0.783. The van der Waals surface area contributed by atoms with Gasteiger partial charge in [0, 0.05) is 6.07 Å². The zero-order chi connectivity index (χ0) is 10.5. The number of hydrogen-bond acceptors (Lipinski definition) is 1. The number of benzene rings is 2. The van der Waals surface area contributed by atoms with Gasteiger partial charge in [0.1, 0.15) is 5.75 Å². The van der Waals surface area contributed by atoms with Gasteiger partial charge in [-0.1, -0.05) is 37.6 Å². The summed E-state index contributed by atoms with van der Waals surface area (Å²) in [6.45, 7) is 2.94. The van der Waals surface area contributed by atoms with Crippen LogP contribution < -0.4 is 4.74 Å². The van der Waals surface area contributed by atoms with Crippen LogP contribution >= 0.6 is 0 Å². The molecular weight excluding hydrogens is 184 g/mol. The quantitative estimate of drug-likeness (QED) is 0.680. The molecule has 0 heterocycles. The van der Waals surface area contributed by atoms with Gasteiger partial charge in [-0.2, -0.15) is 0 Å². The van der Waals surface area contributed by atoms with E-state index < -0.39 is 0 Å². The maximum Gasteiger partial charge on any atom is 0.127 e. The molecule has 0 amide bonds. The maximum absolute atomic E-state index is 5.60. The summed E-state index contributed by atoms with van der Waals surface area (Å²) in [5.41, 5.74) is 0. The topological polar surface area (TPSA) is 9.23 Å². The molecule has 2 rings (SSSR count). The van der Waals surface area contributed by atoms with E-state index in [4.69, 9.17) is 4.74 Å². The van der Waals surface area contributed by atoms with Crippen LogP contribution in [-0.2, 0) is 0 Å². The first kappa shape index (κ1) is 10.0. The van der Waals surface area contributed by atoms with Gasteiger partial charge in [-0.05, 0) is 29.3 Å². The third-order valence-corrected chi connectivity index (χ3v) is 2.41. The summed E-state index contributed by atoms with van der Waals surface area (Å²) < 4.78 is 5.60. The zero-order valence-electron chi connectivity index (χ0n) is 8.99. The second-order valence-electron chi connectivity index (χ2n) is 3.63. The number of fused-ring (bicyclic) bond motifs is 1. The number of unbranched alkanes of at least 4 members (excludes halogenated alkanes) is 1. The summed E-state index contributed by atoms with van der Waals surface area (Å²) in [5, 5.41) is 2.42. The molecule has 0 aliphatic heterocycles. The van der Waals surface area contributed by atoms with Crippen LogP contribution in [0, 0.1) is 6.07 Å². The lowest BCUT2D eigenvalue weighted by molar-refractivity contribution is 0.309. The van der Waals surface area contributed by atoms with E-state index in [2.05, 4.69) is 25.1 Å². The first-order chi connectivity index (χ1) is 7.40. The van der Waals surface area contributed by atoms with Crippen molar-refractivity contribution < 1.29 is 4.74 Å². The first-order valence-corrected chi connectivity index (χ1v) is 5.43. The van der Waals surface area contributed by atoms with Crippen molar-refractivity contribution in [3.63, 3.8) is 0 Å². The highest BCUT2D eigenvalue weighted by Crippen LogP contribution is 2.19. The normalized spacial score (nSPS) is 10.5. The van der Waals surface area contributed by atoms with Crippen molar-refractivity contribution in [2.75, 3.05) is 6.61 Å². The predicted octanol–water partition coefficient (Wildman–Crippen LogP) is 3.82. The molecule has 2 aromatic carbocycles. The molecule has 1 heteroatoms. The summed E-state index contributed by atoms with van der Waals surface area (Å²) in [6, 6.07) is 15.4. The average molecular weight is 199 g/mol. The molecule has 2 aromatic rings. The smallest absolute Gasteiger partial charge is 0.127 e. The largest absolute Gasteiger partial charge is 0.493 e. The molecule has 0 fully saturated rings. The molecule has 1 radical (unpaired) electrons. The van der Waals surface area contributed by atoms with E-state index in [1.54, 1.807) is 0 Å². The molecule has 0 aliphatic carbocycles. The van der Waals surface area contributed by atoms with Gasteiger partial charge < -0.3 is 4.74 Å². The first-order valence-electron chi connectivity index (χ1n) is 5.43. The Morgan fingerprint density at radius 1 is 1.20 bits per heavy atom. The minimum Gasteiger partial charge on any atom is -0.493 e. The molecule has 77 valence electrons. The van der Waals surface area contributed by atoms with Crippen molar-refractivity contribution >= 4 is 10.8 Å². The highest BCUT2D eigenvalue weighted by Gasteiger charge is 1.96. The minimum absolute atomic E-state index is 0.783. The Bertz CT molecular complexity index is 434. The summed E-state index contributed by atoms with van der Waals surface area (Å²) in [5.74, 6) is 0.849. The summed E-state index contributed by atoms with van der Waals surface area (Å²) in [4.78, 5) is 0. The van der Waals surface area contributed by atoms with Crippen LogP contribution in [0.2, 0.25) is 0 Å². The number of ether oxygens (including phenoxy) is 1. The zero-order valence-corrected chi connectivity index (χ0v) is 8.99. The molecule has 15 heavy (non-hydrogen) atoms. The lowest BCUT2D eigenvalue weighted by Crippen LogP contribution is -1.96. The van der Waals surface area contributed by atoms with Crippen molar-refractivity contribution in [3.05, 3.63) is 42.5 Å². The Labute approximate surface area is 90.7 Å². The van der Waals surface area contributed by atoms with E-state index in [9.17, 15) is 0 Å². The van der Waals surface area contributed by atoms with Gasteiger partial charge in [0.25, 0.3) is 0 Å². The third kappa shape index (κ3) is 2.50. The standard InChI is InChI=1S/C14H15O/c1-2-3-10-15-14-9-8-12-6-4-5-7-13(12)11-14/h4-8,11H,2-3,10H2,1H3. The lowest BCUT2D eigenvalue weighted by Gasteiger charge is -2.05. The van der Waals surface area contributed by atoms with E-state index in [1.165, 1.54) is 10.8 Å². The molecule has 0 N–H and O–H groups in total. The van der Waals surface area contributed by atoms with Crippen molar-refractivity contribution in [1.29, 1.82) is 0 Å². The van der Waals surface area contributed by atoms with Crippen LogP contribution in [-0.4, -0.2) is 6.61 Å². The van der Waals surface area contributed by atoms with E-state index in [0.29, 0.717) is 0 Å². The van der Waals surface area contributed by atoms with Crippen LogP contribution in [0.4, 0.5) is 0 Å². The predicted molar refractivity (Wildman–Crippen MR) is 63.2 cm³/mol. The molecule has 0 saturated carbocycles. The van der Waals surface area contributed by atoms with Crippen LogP contribution in [0.1, 0.15) is 19.8 Å². The Kier molecular flexibility index (Phi) is 3.23. The monoisotopic (exact) mass is 199 g/mol. The Balaban J connectivity index is 2.16. The molecular formula is C14H15O. The van der Waals surface area contributed by atoms with Gasteiger partial charge in [-0.15, -0.1) is 0 Å². The Hall–Kier alpha value is -1.50. The summed E-state index contributed by atoms with van der Waals surface area (Å²) in [7, 11) is 0. The van der Waals surface area contributed by atoms with Gasteiger partial charge in [0.15, 0.2) is 0 Å². The fourth-order valence-corrected chi connectivity index (χ4v) is 1.52. The van der Waals surface area contributed by atoms with Crippen LogP contribution in [0.3, 0.4) is 0 Å². The third-order valence-electron chi connectivity index (χ3n) is 2.41. The molecule has 0 bridgehead atoms. The molecule has 1 nitrogen and oxygen atoms in total. The fraction of sp³-hybridized carbons (Fsp3) is 0.286. The molecule has 0 aromatic heterocycles. The summed E-state index contributed by atoms with van der Waals surface area (Å²) in [6.07, 6.45) is 2.26. The molecule has 0 spiro atoms. The second kappa shape index (κ2) is 4.83. The van der Waals surface area contributed by atoms with Crippen molar-refractivity contribution in [1.82, 2.24) is 0 Å². The SMILES string of the molecule is CCCCOc1[c]cc2ccccc2c1. The molecule has 0 unspecified atom stereocenters. The van der Waals surface area contributed by atoms with Gasteiger partial charge >= 0.3 is 0 Å². The lowest BCUT2D eigenvalue weighted by atomic mass is 10.1. The van der Waals surface area contributed by atoms with E-state index in [1.807, 2.05) is 24.3 Å². The highest BCUT2D eigenvalue weighted by atomic mass is 16.5. The Morgan fingerprint density at radius 2 is 2.00 bits per heavy atom. The van der Waals surface area contributed by atoms with Crippen LogP contribution in [0.15, 0.2) is 36.4 Å². The fourth-order valence-electron chi connectivity index (χ4n) is 1.52. The van der Waals surface area contributed by atoms with Crippen molar-refractivity contribution in [3.8, 4) is 5.75 Å². The average Bonchev–Trinajstić information content (AvgIpc) is 2.29. The van der Waals surface area contributed by atoms with Gasteiger partial charge in [-0.25, -0.2) is 0 Å². The van der Waals surface area contributed by atoms with E-state index in [-0.39, 0.29) is 0 Å². The van der Waals surface area contributed by atoms with E-state index in [0.717, 1.165) is 25.2 Å². The Morgan fingerprint density at radius 3 is 2.80 bits per heavy atom. The highest BCUT2D eigenvalue weighted by molar-refractivity contribution is 5.83. The van der Waals surface area contributed by atoms with Crippen molar-refractivity contribution in [2.24, 2.45) is 0 Å². The van der Waals surface area contributed by atoms with Gasteiger partial charge in [0.05, 0.1) is 6.61 Å². The van der Waals surface area contributed by atoms with Crippen LogP contribution in [0.25, 0.3) is 10.8 Å².